The molecule has 0 aliphatic carbocycles. The molecule has 0 aromatic rings. The first kappa shape index (κ1) is 21.0. The van der Waals surface area contributed by atoms with Crippen LogP contribution in [0.2, 0.25) is 82.6 Å². The van der Waals surface area contributed by atoms with Crippen molar-refractivity contribution < 1.29 is 0 Å². The Morgan fingerprint density at radius 2 is 0.579 bits per heavy atom. The molecule has 0 aromatic heterocycles. The fourth-order valence-corrected chi connectivity index (χ4v) is 197. The standard InChI is InChI=1S/C13H38As2Si4/c1-16(2,3)14(17(4,5)6)13-15(18(7,8)9)19(10,11)12/h13H2,1-12H3. The van der Waals surface area contributed by atoms with Crippen LogP contribution >= 0.6 is 0 Å². The van der Waals surface area contributed by atoms with Gasteiger partial charge in [-0.05, 0) is 0 Å². The van der Waals surface area contributed by atoms with Gasteiger partial charge in [0.15, 0.2) is 0 Å². The van der Waals surface area contributed by atoms with Crippen molar-refractivity contribution in [2.24, 2.45) is 0 Å². The van der Waals surface area contributed by atoms with Gasteiger partial charge < -0.3 is 0 Å². The van der Waals surface area contributed by atoms with Crippen LogP contribution in [-0.4, -0.2) is 52.8 Å². The first-order chi connectivity index (χ1) is 7.97. The zero-order valence-electron chi connectivity index (χ0n) is 15.6. The predicted molar refractivity (Wildman–Crippen MR) is 110 cm³/mol. The second kappa shape index (κ2) is 6.62. The summed E-state index contributed by atoms with van der Waals surface area (Å²) in [6.07, 6.45) is 0. The molecule has 0 atom stereocenters. The van der Waals surface area contributed by atoms with Crippen LogP contribution in [0.15, 0.2) is 0 Å². The first-order valence-corrected chi connectivity index (χ1v) is 35.2. The van der Waals surface area contributed by atoms with E-state index in [4.69, 9.17) is 0 Å². The van der Waals surface area contributed by atoms with E-state index in [0.717, 1.165) is 0 Å². The molecular formula is C13H38As2Si4. The van der Waals surface area contributed by atoms with E-state index in [2.05, 4.69) is 78.6 Å². The molecular weight excluding hydrogens is 418 g/mol. The van der Waals surface area contributed by atoms with Crippen molar-refractivity contribution in [3.63, 3.8) is 0 Å². The Morgan fingerprint density at radius 3 is 0.684 bits per heavy atom. The Bertz CT molecular complexity index is 234. The predicted octanol–water partition coefficient (Wildman–Crippen LogP) is 5.18. The minimum absolute atomic E-state index is 0.536. The van der Waals surface area contributed by atoms with E-state index >= 15 is 0 Å². The summed E-state index contributed by atoms with van der Waals surface area (Å²) in [4.78, 5) is 0. The molecule has 0 nitrogen and oxygen atoms in total. The third-order valence-corrected chi connectivity index (χ3v) is 115. The molecule has 116 valence electrons. The maximum atomic E-state index is 2.70. The van der Waals surface area contributed by atoms with Crippen molar-refractivity contribution in [3.8, 4) is 0 Å². The summed E-state index contributed by atoms with van der Waals surface area (Å²) in [7, 11) is 0. The van der Waals surface area contributed by atoms with Gasteiger partial charge in [0.25, 0.3) is 0 Å². The van der Waals surface area contributed by atoms with Crippen LogP contribution in [0.5, 0.6) is 0 Å². The van der Waals surface area contributed by atoms with E-state index in [1.165, 1.54) is 0 Å². The zero-order chi connectivity index (χ0) is 15.9. The van der Waals surface area contributed by atoms with E-state index in [0.29, 0.717) is 0 Å². The SMILES string of the molecule is C[Si](C)(C)[As](C[As]([Si](C)(C)C)[Si](C)(C)C)[Si](C)(C)C. The molecule has 0 aromatic carbocycles. The van der Waals surface area contributed by atoms with Crippen LogP contribution in [0, 0.1) is 0 Å². The first-order valence-electron chi connectivity index (χ1n) is 7.53. The number of rotatable bonds is 6. The second-order valence-corrected chi connectivity index (χ2v) is 84.0. The van der Waals surface area contributed by atoms with Gasteiger partial charge in [0.05, 0.1) is 0 Å². The van der Waals surface area contributed by atoms with E-state index in [9.17, 15) is 0 Å². The Kier molecular flexibility index (Phi) is 7.31. The van der Waals surface area contributed by atoms with Gasteiger partial charge in [-0.15, -0.1) is 0 Å². The molecule has 0 aliphatic rings. The van der Waals surface area contributed by atoms with E-state index < -0.39 is 52.8 Å². The third-order valence-electron chi connectivity index (χ3n) is 3.52. The normalized spacial score (nSPS) is 15.5. The van der Waals surface area contributed by atoms with Gasteiger partial charge in [-0.3, -0.25) is 0 Å². The average Bonchev–Trinajstić information content (AvgIpc) is 1.91. The summed E-state index contributed by atoms with van der Waals surface area (Å²) in [5.41, 5.74) is 0. The van der Waals surface area contributed by atoms with Crippen LogP contribution in [0.25, 0.3) is 0 Å². The van der Waals surface area contributed by atoms with Gasteiger partial charge in [-0.25, -0.2) is 0 Å². The van der Waals surface area contributed by atoms with E-state index in [1.807, 2.05) is 4.00 Å². The van der Waals surface area contributed by atoms with Gasteiger partial charge >= 0.3 is 135 Å². The number of hydrogen-bond donors (Lipinski definition) is 0. The molecule has 0 rings (SSSR count). The molecule has 6 heteroatoms. The Morgan fingerprint density at radius 1 is 0.421 bits per heavy atom. The molecule has 0 heterocycles. The molecule has 0 fully saturated rings. The van der Waals surface area contributed by atoms with Crippen LogP contribution in [0.3, 0.4) is 0 Å². The molecule has 0 spiro atoms. The fourth-order valence-electron chi connectivity index (χ4n) is 3.00. The van der Waals surface area contributed by atoms with Crippen LogP contribution in [0.4, 0.5) is 0 Å². The Labute approximate surface area is 134 Å². The second-order valence-electron chi connectivity index (χ2n) is 9.68. The zero-order valence-corrected chi connectivity index (χ0v) is 23.4. The molecule has 0 unspecified atom stereocenters. The summed E-state index contributed by atoms with van der Waals surface area (Å²) >= 11 is -1.07. The minimum atomic E-state index is -0.854. The Hall–Kier alpha value is 1.98. The third kappa shape index (κ3) is 7.19. The van der Waals surface area contributed by atoms with Crippen LogP contribution in [-0.2, 0) is 0 Å². The maximum absolute atomic E-state index is 2.70. The summed E-state index contributed by atoms with van der Waals surface area (Å²) in [6, 6.07) is 0. The van der Waals surface area contributed by atoms with Crippen molar-refractivity contribution in [1.82, 2.24) is 0 Å². The van der Waals surface area contributed by atoms with Crippen LogP contribution < -0.4 is 0 Å². The summed E-state index contributed by atoms with van der Waals surface area (Å²) in [5.74, 6) is 0. The van der Waals surface area contributed by atoms with Crippen molar-refractivity contribution in [3.05, 3.63) is 0 Å². The molecule has 0 radical (unpaired) electrons. The van der Waals surface area contributed by atoms with Crippen LogP contribution in [0.1, 0.15) is 0 Å². The van der Waals surface area contributed by atoms with Crippen molar-refractivity contribution >= 4 is 52.8 Å². The van der Waals surface area contributed by atoms with Gasteiger partial charge in [0, 0.05) is 0 Å². The van der Waals surface area contributed by atoms with Gasteiger partial charge in [-0.2, -0.15) is 0 Å². The quantitative estimate of drug-likeness (QED) is 0.483. The molecule has 0 saturated carbocycles. The summed E-state index contributed by atoms with van der Waals surface area (Å²) in [6.45, 7) is 29.0. The Balaban J connectivity index is 5.43. The van der Waals surface area contributed by atoms with E-state index in [1.54, 1.807) is 0 Å². The molecule has 0 saturated heterocycles. The van der Waals surface area contributed by atoms with E-state index in [-0.39, 0.29) is 0 Å². The average molecular weight is 457 g/mol. The molecule has 0 amide bonds. The number of hydrogen-bond acceptors (Lipinski definition) is 0. The fraction of sp³-hybridized carbons (Fsp3) is 1.00. The van der Waals surface area contributed by atoms with Gasteiger partial charge in [0.1, 0.15) is 0 Å². The van der Waals surface area contributed by atoms with Crippen molar-refractivity contribution in [2.45, 2.75) is 82.6 Å². The van der Waals surface area contributed by atoms with Gasteiger partial charge in [0.2, 0.25) is 0 Å². The molecule has 19 heavy (non-hydrogen) atoms. The topological polar surface area (TPSA) is 0 Å². The monoisotopic (exact) mass is 456 g/mol. The molecule has 0 N–H and O–H groups in total. The van der Waals surface area contributed by atoms with Crippen molar-refractivity contribution in [1.29, 1.82) is 0 Å². The molecule has 0 aliphatic heterocycles. The summed E-state index contributed by atoms with van der Waals surface area (Å²) in [5, 5.41) is 0. The molecule has 0 bridgehead atoms. The van der Waals surface area contributed by atoms with Gasteiger partial charge in [-0.1, -0.05) is 0 Å². The summed E-state index contributed by atoms with van der Waals surface area (Å²) < 4.78 is 1.86. The van der Waals surface area contributed by atoms with Crippen molar-refractivity contribution in [2.75, 3.05) is 0 Å².